The highest BCUT2D eigenvalue weighted by Crippen LogP contribution is 2.17. The molecule has 0 spiro atoms. The van der Waals surface area contributed by atoms with Crippen LogP contribution >= 0.6 is 0 Å². The zero-order valence-corrected chi connectivity index (χ0v) is 11.2. The minimum Gasteiger partial charge on any atom is -0.491 e. The summed E-state index contributed by atoms with van der Waals surface area (Å²) in [4.78, 5) is 0. The van der Waals surface area contributed by atoms with Crippen molar-refractivity contribution in [3.8, 4) is 5.75 Å². The van der Waals surface area contributed by atoms with Crippen molar-refractivity contribution >= 4 is 0 Å². The van der Waals surface area contributed by atoms with Gasteiger partial charge in [-0.15, -0.1) is 0 Å². The van der Waals surface area contributed by atoms with E-state index in [4.69, 9.17) is 19.9 Å². The number of nitrogens with two attached hydrogens (primary N) is 1. The van der Waals surface area contributed by atoms with Gasteiger partial charge in [-0.1, -0.05) is 12.1 Å². The molecule has 1 aromatic rings. The first-order chi connectivity index (χ1) is 8.74. The van der Waals surface area contributed by atoms with Gasteiger partial charge < -0.3 is 19.9 Å². The van der Waals surface area contributed by atoms with Crippen molar-refractivity contribution in [2.75, 3.05) is 33.5 Å². The fraction of sp³-hybridized carbons (Fsp3) is 0.571. The van der Waals surface area contributed by atoms with Gasteiger partial charge in [0, 0.05) is 26.4 Å². The van der Waals surface area contributed by atoms with Crippen LogP contribution in [0.5, 0.6) is 5.75 Å². The molecule has 0 aromatic heterocycles. The Kier molecular flexibility index (Phi) is 7.41. The second kappa shape index (κ2) is 8.91. The maximum absolute atomic E-state index is 5.81. The number of benzene rings is 1. The number of hydrogen-bond acceptors (Lipinski definition) is 4. The zero-order valence-electron chi connectivity index (χ0n) is 11.2. The average molecular weight is 253 g/mol. The Morgan fingerprint density at radius 1 is 1.17 bits per heavy atom. The van der Waals surface area contributed by atoms with Gasteiger partial charge in [-0.2, -0.15) is 0 Å². The van der Waals surface area contributed by atoms with Crippen molar-refractivity contribution < 1.29 is 14.2 Å². The molecule has 0 aliphatic carbocycles. The minimum absolute atomic E-state index is 0.0267. The molecule has 0 heterocycles. The van der Waals surface area contributed by atoms with Gasteiger partial charge in [-0.05, 0) is 31.0 Å². The predicted molar refractivity (Wildman–Crippen MR) is 71.9 cm³/mol. The van der Waals surface area contributed by atoms with E-state index in [1.165, 1.54) is 0 Å². The molecule has 18 heavy (non-hydrogen) atoms. The van der Waals surface area contributed by atoms with Crippen LogP contribution in [0.1, 0.15) is 24.9 Å². The summed E-state index contributed by atoms with van der Waals surface area (Å²) in [7, 11) is 1.69. The third-order valence-corrected chi connectivity index (χ3v) is 2.52. The minimum atomic E-state index is 0.0267. The lowest BCUT2D eigenvalue weighted by Gasteiger charge is -2.10. The van der Waals surface area contributed by atoms with Crippen LogP contribution in [0.2, 0.25) is 0 Å². The van der Waals surface area contributed by atoms with Crippen molar-refractivity contribution in [1.82, 2.24) is 0 Å². The monoisotopic (exact) mass is 253 g/mol. The van der Waals surface area contributed by atoms with E-state index in [1.807, 2.05) is 31.2 Å². The van der Waals surface area contributed by atoms with Crippen molar-refractivity contribution in [3.05, 3.63) is 29.8 Å². The summed E-state index contributed by atoms with van der Waals surface area (Å²) in [6.45, 7) is 4.54. The summed E-state index contributed by atoms with van der Waals surface area (Å²) >= 11 is 0. The first-order valence-corrected chi connectivity index (χ1v) is 6.29. The summed E-state index contributed by atoms with van der Waals surface area (Å²) in [5.41, 5.74) is 6.89. The lowest BCUT2D eigenvalue weighted by atomic mass is 10.1. The molecule has 0 aliphatic rings. The van der Waals surface area contributed by atoms with Crippen LogP contribution in [-0.4, -0.2) is 33.5 Å². The van der Waals surface area contributed by atoms with Crippen LogP contribution in [0.15, 0.2) is 24.3 Å². The smallest absolute Gasteiger partial charge is 0.119 e. The molecule has 4 nitrogen and oxygen atoms in total. The predicted octanol–water partition coefficient (Wildman–Crippen LogP) is 2.14. The van der Waals surface area contributed by atoms with Crippen LogP contribution in [0.25, 0.3) is 0 Å². The van der Waals surface area contributed by atoms with Gasteiger partial charge in [0.15, 0.2) is 0 Å². The normalized spacial score (nSPS) is 12.4. The molecule has 0 saturated carbocycles. The van der Waals surface area contributed by atoms with Crippen LogP contribution in [0, 0.1) is 0 Å². The first kappa shape index (κ1) is 15.0. The summed E-state index contributed by atoms with van der Waals surface area (Å²) in [6.07, 6.45) is 0.913. The molecule has 0 saturated heterocycles. The highest BCUT2D eigenvalue weighted by atomic mass is 16.5. The maximum Gasteiger partial charge on any atom is 0.119 e. The first-order valence-electron chi connectivity index (χ1n) is 6.29. The summed E-state index contributed by atoms with van der Waals surface area (Å²) in [5.74, 6) is 0.838. The third kappa shape index (κ3) is 6.00. The highest BCUT2D eigenvalue weighted by Gasteiger charge is 2.01. The van der Waals surface area contributed by atoms with E-state index in [2.05, 4.69) is 0 Å². The molecule has 0 amide bonds. The molecular formula is C14H23NO3. The van der Waals surface area contributed by atoms with E-state index in [0.29, 0.717) is 19.8 Å². The van der Waals surface area contributed by atoms with Gasteiger partial charge in [0.05, 0.1) is 6.61 Å². The average Bonchev–Trinajstić information content (AvgIpc) is 2.38. The van der Waals surface area contributed by atoms with Crippen molar-refractivity contribution in [2.45, 2.75) is 19.4 Å². The van der Waals surface area contributed by atoms with Gasteiger partial charge >= 0.3 is 0 Å². The standard InChI is InChI=1S/C14H23NO3/c1-12(15)13-5-3-6-14(11-13)18-10-9-17-8-4-7-16-2/h3,5-6,11-12H,4,7-10,15H2,1-2H3. The quantitative estimate of drug-likeness (QED) is 0.685. The van der Waals surface area contributed by atoms with Gasteiger partial charge in [-0.3, -0.25) is 0 Å². The highest BCUT2D eigenvalue weighted by molar-refractivity contribution is 5.30. The Hall–Kier alpha value is -1.10. The Balaban J connectivity index is 2.17. The molecule has 0 radical (unpaired) electrons. The van der Waals surface area contributed by atoms with Crippen molar-refractivity contribution in [1.29, 1.82) is 0 Å². The van der Waals surface area contributed by atoms with Crippen LogP contribution in [-0.2, 0) is 9.47 Å². The number of methoxy groups -OCH3 is 1. The van der Waals surface area contributed by atoms with Crippen molar-refractivity contribution in [3.63, 3.8) is 0 Å². The summed E-state index contributed by atoms with van der Waals surface area (Å²) in [5, 5.41) is 0. The van der Waals surface area contributed by atoms with Gasteiger partial charge in [0.2, 0.25) is 0 Å². The van der Waals surface area contributed by atoms with E-state index < -0.39 is 0 Å². The summed E-state index contributed by atoms with van der Waals surface area (Å²) < 4.78 is 15.9. The SMILES string of the molecule is COCCCOCCOc1cccc(C(C)N)c1. The second-order valence-electron chi connectivity index (χ2n) is 4.17. The Labute approximate surface area is 109 Å². The van der Waals surface area contributed by atoms with Gasteiger partial charge in [0.25, 0.3) is 0 Å². The Morgan fingerprint density at radius 2 is 2.00 bits per heavy atom. The molecule has 1 atom stereocenters. The fourth-order valence-corrected chi connectivity index (χ4v) is 1.51. The van der Waals surface area contributed by atoms with Gasteiger partial charge in [-0.25, -0.2) is 0 Å². The second-order valence-corrected chi connectivity index (χ2v) is 4.17. The number of hydrogen-bond donors (Lipinski definition) is 1. The summed E-state index contributed by atoms with van der Waals surface area (Å²) in [6, 6.07) is 7.87. The molecular weight excluding hydrogens is 230 g/mol. The largest absolute Gasteiger partial charge is 0.491 e. The molecule has 1 aromatic carbocycles. The third-order valence-electron chi connectivity index (χ3n) is 2.52. The van der Waals surface area contributed by atoms with Crippen molar-refractivity contribution in [2.24, 2.45) is 5.73 Å². The van der Waals surface area contributed by atoms with E-state index in [-0.39, 0.29) is 6.04 Å². The molecule has 102 valence electrons. The molecule has 1 rings (SSSR count). The lowest BCUT2D eigenvalue weighted by Crippen LogP contribution is -2.09. The molecule has 0 bridgehead atoms. The maximum atomic E-state index is 5.81. The Bertz CT molecular complexity index is 329. The van der Waals surface area contributed by atoms with Crippen LogP contribution in [0.3, 0.4) is 0 Å². The van der Waals surface area contributed by atoms with Gasteiger partial charge in [0.1, 0.15) is 12.4 Å². The number of ether oxygens (including phenoxy) is 3. The zero-order chi connectivity index (χ0) is 13.2. The molecule has 0 aliphatic heterocycles. The number of rotatable bonds is 9. The molecule has 1 unspecified atom stereocenters. The van der Waals surface area contributed by atoms with E-state index >= 15 is 0 Å². The lowest BCUT2D eigenvalue weighted by molar-refractivity contribution is 0.0806. The van der Waals surface area contributed by atoms with Crippen LogP contribution < -0.4 is 10.5 Å². The molecule has 2 N–H and O–H groups in total. The Morgan fingerprint density at radius 3 is 2.72 bits per heavy atom. The van der Waals surface area contributed by atoms with E-state index in [9.17, 15) is 0 Å². The fourth-order valence-electron chi connectivity index (χ4n) is 1.51. The van der Waals surface area contributed by atoms with Crippen LogP contribution in [0.4, 0.5) is 0 Å². The molecule has 0 fully saturated rings. The topological polar surface area (TPSA) is 53.7 Å². The molecule has 4 heteroatoms. The van der Waals surface area contributed by atoms with E-state index in [0.717, 1.165) is 24.3 Å². The van der Waals surface area contributed by atoms with E-state index in [1.54, 1.807) is 7.11 Å².